The number of carbonyl (C=O) groups excluding carboxylic acids is 1. The van der Waals surface area contributed by atoms with Gasteiger partial charge in [-0.1, -0.05) is 0 Å². The fourth-order valence-electron chi connectivity index (χ4n) is 1.75. The van der Waals surface area contributed by atoms with Crippen LogP contribution in [-0.2, 0) is 11.3 Å². The van der Waals surface area contributed by atoms with Gasteiger partial charge in [0.2, 0.25) is 0 Å². The molecule has 0 spiro atoms. The van der Waals surface area contributed by atoms with Gasteiger partial charge in [-0.05, 0) is 32.2 Å². The molecular formula is C13H18FNO3. The van der Waals surface area contributed by atoms with E-state index in [1.165, 1.54) is 25.3 Å². The van der Waals surface area contributed by atoms with Gasteiger partial charge in [0.05, 0.1) is 18.8 Å². The Balaban J connectivity index is 2.84. The van der Waals surface area contributed by atoms with Gasteiger partial charge in [-0.3, -0.25) is 4.90 Å². The summed E-state index contributed by atoms with van der Waals surface area (Å²) in [4.78, 5) is 13.1. The molecule has 0 aliphatic carbocycles. The molecule has 0 saturated heterocycles. The minimum atomic E-state index is -0.491. The number of nitrogens with zero attached hydrogens (tertiary/aromatic N) is 1. The Kier molecular flexibility index (Phi) is 5.25. The Hall–Kier alpha value is -1.46. The summed E-state index contributed by atoms with van der Waals surface area (Å²) in [6.07, 6.45) is -0.484. The first-order valence-corrected chi connectivity index (χ1v) is 5.67. The molecule has 1 rings (SSSR count). The molecular weight excluding hydrogens is 237 g/mol. The maximum Gasteiger partial charge on any atom is 0.337 e. The summed E-state index contributed by atoms with van der Waals surface area (Å²) in [6, 6.07) is 4.11. The zero-order valence-electron chi connectivity index (χ0n) is 10.8. The van der Waals surface area contributed by atoms with Gasteiger partial charge in [0, 0.05) is 18.7 Å². The molecule has 0 fully saturated rings. The van der Waals surface area contributed by atoms with E-state index in [0.29, 0.717) is 24.2 Å². The van der Waals surface area contributed by atoms with Crippen molar-refractivity contribution in [2.24, 2.45) is 0 Å². The van der Waals surface area contributed by atoms with Crippen molar-refractivity contribution in [3.05, 3.63) is 35.1 Å². The summed E-state index contributed by atoms with van der Waals surface area (Å²) < 4.78 is 18.2. The van der Waals surface area contributed by atoms with E-state index in [2.05, 4.69) is 4.74 Å². The number of likely N-dealkylation sites (N-methyl/N-ethyl adjacent to an activating group) is 1. The van der Waals surface area contributed by atoms with Gasteiger partial charge >= 0.3 is 5.97 Å². The van der Waals surface area contributed by atoms with E-state index in [-0.39, 0.29) is 5.82 Å². The highest BCUT2D eigenvalue weighted by atomic mass is 19.1. The van der Waals surface area contributed by atoms with Crippen molar-refractivity contribution in [1.29, 1.82) is 0 Å². The van der Waals surface area contributed by atoms with Crippen LogP contribution in [0.3, 0.4) is 0 Å². The van der Waals surface area contributed by atoms with Gasteiger partial charge in [-0.15, -0.1) is 0 Å². The first-order chi connectivity index (χ1) is 8.43. The largest absolute Gasteiger partial charge is 0.465 e. The summed E-state index contributed by atoms with van der Waals surface area (Å²) in [5.41, 5.74) is 0.723. The van der Waals surface area contributed by atoms with Crippen LogP contribution in [0.1, 0.15) is 22.8 Å². The highest BCUT2D eigenvalue weighted by molar-refractivity contribution is 5.89. The predicted octanol–water partition coefficient (Wildman–Crippen LogP) is 1.42. The topological polar surface area (TPSA) is 49.8 Å². The number of rotatable bonds is 5. The van der Waals surface area contributed by atoms with Gasteiger partial charge in [0.25, 0.3) is 0 Å². The Labute approximate surface area is 106 Å². The lowest BCUT2D eigenvalue weighted by Crippen LogP contribution is -2.27. The zero-order valence-corrected chi connectivity index (χ0v) is 10.8. The van der Waals surface area contributed by atoms with Crippen LogP contribution in [0.25, 0.3) is 0 Å². The number of aliphatic hydroxyl groups excluding tert-OH is 1. The van der Waals surface area contributed by atoms with E-state index in [0.717, 1.165) is 0 Å². The molecule has 1 aromatic carbocycles. The second-order valence-electron chi connectivity index (χ2n) is 4.34. The Morgan fingerprint density at radius 2 is 2.22 bits per heavy atom. The lowest BCUT2D eigenvalue weighted by atomic mass is 10.1. The molecule has 1 unspecified atom stereocenters. The van der Waals surface area contributed by atoms with Crippen LogP contribution in [-0.4, -0.2) is 42.8 Å². The quantitative estimate of drug-likeness (QED) is 0.809. The molecule has 0 radical (unpaired) electrons. The Morgan fingerprint density at radius 3 is 2.78 bits per heavy atom. The maximum absolute atomic E-state index is 13.6. The average Bonchev–Trinajstić information content (AvgIpc) is 2.30. The molecule has 1 N–H and O–H groups in total. The van der Waals surface area contributed by atoms with Crippen LogP contribution in [0.2, 0.25) is 0 Å². The number of hydrogen-bond acceptors (Lipinski definition) is 4. The monoisotopic (exact) mass is 255 g/mol. The summed E-state index contributed by atoms with van der Waals surface area (Å²) in [6.45, 7) is 2.42. The van der Waals surface area contributed by atoms with E-state index in [9.17, 15) is 14.3 Å². The second-order valence-corrected chi connectivity index (χ2v) is 4.34. The molecule has 1 aromatic rings. The van der Waals surface area contributed by atoms with E-state index < -0.39 is 12.1 Å². The fourth-order valence-corrected chi connectivity index (χ4v) is 1.75. The Morgan fingerprint density at radius 1 is 1.56 bits per heavy atom. The average molecular weight is 255 g/mol. The van der Waals surface area contributed by atoms with Crippen LogP contribution in [0.4, 0.5) is 4.39 Å². The number of benzene rings is 1. The summed E-state index contributed by atoms with van der Waals surface area (Å²) in [7, 11) is 3.06. The van der Waals surface area contributed by atoms with Crippen LogP contribution in [0, 0.1) is 5.82 Å². The van der Waals surface area contributed by atoms with Crippen molar-refractivity contribution in [1.82, 2.24) is 4.90 Å². The molecule has 0 bridgehead atoms. The van der Waals surface area contributed by atoms with E-state index in [1.807, 2.05) is 0 Å². The number of hydrogen-bond donors (Lipinski definition) is 1. The van der Waals surface area contributed by atoms with Gasteiger partial charge in [-0.2, -0.15) is 0 Å². The molecule has 100 valence electrons. The Bertz CT molecular complexity index is 421. The number of aliphatic hydroxyl groups is 1. The SMILES string of the molecule is COC(=O)c1ccc(F)c(CN(C)CC(C)O)c1. The fraction of sp³-hybridized carbons (Fsp3) is 0.462. The molecule has 0 aliphatic heterocycles. The highest BCUT2D eigenvalue weighted by Crippen LogP contribution is 2.13. The summed E-state index contributed by atoms with van der Waals surface area (Å²) in [5, 5.41) is 9.24. The summed E-state index contributed by atoms with van der Waals surface area (Å²) in [5.74, 6) is -0.866. The van der Waals surface area contributed by atoms with Crippen LogP contribution < -0.4 is 0 Å². The molecule has 0 amide bonds. The van der Waals surface area contributed by atoms with Crippen molar-refractivity contribution in [2.45, 2.75) is 19.6 Å². The van der Waals surface area contributed by atoms with Crippen molar-refractivity contribution in [2.75, 3.05) is 20.7 Å². The third-order valence-corrected chi connectivity index (χ3v) is 2.48. The number of ether oxygens (including phenoxy) is 1. The number of halogens is 1. The molecule has 0 aliphatic rings. The smallest absolute Gasteiger partial charge is 0.337 e. The van der Waals surface area contributed by atoms with Crippen LogP contribution >= 0.6 is 0 Å². The molecule has 4 nitrogen and oxygen atoms in total. The van der Waals surface area contributed by atoms with Gasteiger partial charge in [-0.25, -0.2) is 9.18 Å². The lowest BCUT2D eigenvalue weighted by Gasteiger charge is -2.18. The number of carbonyl (C=O) groups is 1. The number of methoxy groups -OCH3 is 1. The molecule has 0 heterocycles. The first-order valence-electron chi connectivity index (χ1n) is 5.67. The second kappa shape index (κ2) is 6.47. The third-order valence-electron chi connectivity index (χ3n) is 2.48. The van der Waals surface area contributed by atoms with Gasteiger partial charge in [0.1, 0.15) is 5.82 Å². The zero-order chi connectivity index (χ0) is 13.7. The molecule has 18 heavy (non-hydrogen) atoms. The van der Waals surface area contributed by atoms with E-state index >= 15 is 0 Å². The minimum absolute atomic E-state index is 0.319. The van der Waals surface area contributed by atoms with Crippen LogP contribution in [0.5, 0.6) is 0 Å². The van der Waals surface area contributed by atoms with Gasteiger partial charge < -0.3 is 9.84 Å². The van der Waals surface area contributed by atoms with E-state index in [4.69, 9.17) is 0 Å². The highest BCUT2D eigenvalue weighted by Gasteiger charge is 2.12. The standard InChI is InChI=1S/C13H18FNO3/c1-9(16)7-15(2)8-11-6-10(13(17)18-3)4-5-12(11)14/h4-6,9,16H,7-8H2,1-3H3. The predicted molar refractivity (Wildman–Crippen MR) is 65.8 cm³/mol. The molecule has 5 heteroatoms. The summed E-state index contributed by atoms with van der Waals surface area (Å²) >= 11 is 0. The van der Waals surface area contributed by atoms with Crippen molar-refractivity contribution < 1.29 is 19.0 Å². The normalized spacial score (nSPS) is 12.6. The minimum Gasteiger partial charge on any atom is -0.465 e. The van der Waals surface area contributed by atoms with E-state index in [1.54, 1.807) is 18.9 Å². The van der Waals surface area contributed by atoms with Crippen molar-refractivity contribution in [3.63, 3.8) is 0 Å². The van der Waals surface area contributed by atoms with Crippen molar-refractivity contribution in [3.8, 4) is 0 Å². The third kappa shape index (κ3) is 4.09. The first kappa shape index (κ1) is 14.6. The molecule has 1 atom stereocenters. The van der Waals surface area contributed by atoms with Crippen molar-refractivity contribution >= 4 is 5.97 Å². The van der Waals surface area contributed by atoms with Crippen LogP contribution in [0.15, 0.2) is 18.2 Å². The van der Waals surface area contributed by atoms with Gasteiger partial charge in [0.15, 0.2) is 0 Å². The number of esters is 1. The lowest BCUT2D eigenvalue weighted by molar-refractivity contribution is 0.0600. The molecule has 0 aromatic heterocycles. The maximum atomic E-state index is 13.6. The molecule has 0 saturated carbocycles.